The largest absolute Gasteiger partial charge is 0.481 e. The fourth-order valence-corrected chi connectivity index (χ4v) is 1.62. The van der Waals surface area contributed by atoms with E-state index in [4.69, 9.17) is 5.11 Å². The second-order valence-electron chi connectivity index (χ2n) is 4.38. The smallest absolute Gasteiger partial charge is 0.303 e. The van der Waals surface area contributed by atoms with Crippen LogP contribution in [-0.2, 0) is 23.2 Å². The van der Waals surface area contributed by atoms with Crippen molar-refractivity contribution in [1.82, 2.24) is 14.7 Å². The molecule has 0 spiro atoms. The van der Waals surface area contributed by atoms with Crippen LogP contribution in [0.2, 0.25) is 0 Å². The number of carboxylic acid groups (broad SMARTS) is 1. The van der Waals surface area contributed by atoms with Crippen LogP contribution in [0.5, 0.6) is 0 Å². The minimum atomic E-state index is -0.867. The lowest BCUT2D eigenvalue weighted by molar-refractivity contribution is -0.137. The first-order valence-corrected chi connectivity index (χ1v) is 5.85. The van der Waals surface area contributed by atoms with Crippen LogP contribution in [0.4, 0.5) is 0 Å². The summed E-state index contributed by atoms with van der Waals surface area (Å²) >= 11 is 0. The molecular weight excluding hydrogens is 234 g/mol. The Kier molecular flexibility index (Phi) is 4.88. The van der Waals surface area contributed by atoms with Gasteiger partial charge in [-0.3, -0.25) is 14.3 Å². The van der Waals surface area contributed by atoms with Crippen LogP contribution in [0, 0.1) is 6.92 Å². The number of carbonyl (C=O) groups is 2. The quantitative estimate of drug-likeness (QED) is 0.818. The van der Waals surface area contributed by atoms with Crippen LogP contribution in [-0.4, -0.2) is 38.7 Å². The molecule has 1 heterocycles. The SMILES string of the molecule is Cc1c(CN(C)C(=O)CCCC(=O)O)cnn1C. The van der Waals surface area contributed by atoms with Crippen molar-refractivity contribution in [2.45, 2.75) is 32.7 Å². The second-order valence-corrected chi connectivity index (χ2v) is 4.38. The van der Waals surface area contributed by atoms with Crippen molar-refractivity contribution < 1.29 is 14.7 Å². The summed E-state index contributed by atoms with van der Waals surface area (Å²) in [5, 5.41) is 12.6. The van der Waals surface area contributed by atoms with Gasteiger partial charge in [-0.1, -0.05) is 0 Å². The number of carboxylic acids is 1. The number of hydrogen-bond donors (Lipinski definition) is 1. The predicted octanol–water partition coefficient (Wildman–Crippen LogP) is 0.942. The Labute approximate surface area is 106 Å². The van der Waals surface area contributed by atoms with Crippen molar-refractivity contribution in [3.05, 3.63) is 17.5 Å². The molecule has 1 N–H and O–H groups in total. The van der Waals surface area contributed by atoms with Gasteiger partial charge in [-0.15, -0.1) is 0 Å². The third-order valence-electron chi connectivity index (χ3n) is 2.95. The Hall–Kier alpha value is -1.85. The number of rotatable bonds is 6. The maximum Gasteiger partial charge on any atom is 0.303 e. The first-order chi connectivity index (χ1) is 8.41. The Bertz CT molecular complexity index is 440. The van der Waals surface area contributed by atoms with E-state index in [1.54, 1.807) is 22.8 Å². The van der Waals surface area contributed by atoms with E-state index in [9.17, 15) is 9.59 Å². The summed E-state index contributed by atoms with van der Waals surface area (Å²) < 4.78 is 1.76. The topological polar surface area (TPSA) is 75.4 Å². The van der Waals surface area contributed by atoms with Crippen molar-refractivity contribution in [3.63, 3.8) is 0 Å². The zero-order valence-corrected chi connectivity index (χ0v) is 11.0. The highest BCUT2D eigenvalue weighted by molar-refractivity contribution is 5.76. The molecule has 0 saturated carbocycles. The van der Waals surface area contributed by atoms with E-state index in [2.05, 4.69) is 5.10 Å². The lowest BCUT2D eigenvalue weighted by atomic mass is 10.2. The number of carbonyl (C=O) groups excluding carboxylic acids is 1. The van der Waals surface area contributed by atoms with Crippen molar-refractivity contribution in [2.24, 2.45) is 7.05 Å². The van der Waals surface area contributed by atoms with Gasteiger partial charge in [0.1, 0.15) is 0 Å². The molecule has 0 bridgehead atoms. The van der Waals surface area contributed by atoms with E-state index in [0.717, 1.165) is 11.3 Å². The van der Waals surface area contributed by atoms with Crippen LogP contribution in [0.1, 0.15) is 30.5 Å². The molecule has 1 rings (SSSR count). The van der Waals surface area contributed by atoms with E-state index in [-0.39, 0.29) is 18.7 Å². The standard InChI is InChI=1S/C12H19N3O3/c1-9-10(7-13-15(9)3)8-14(2)11(16)5-4-6-12(17)18/h7H,4-6,8H2,1-3H3,(H,17,18). The van der Waals surface area contributed by atoms with Gasteiger partial charge in [-0.05, 0) is 13.3 Å². The van der Waals surface area contributed by atoms with Crippen LogP contribution >= 0.6 is 0 Å². The van der Waals surface area contributed by atoms with E-state index >= 15 is 0 Å². The molecule has 0 aliphatic heterocycles. The zero-order valence-electron chi connectivity index (χ0n) is 11.0. The lowest BCUT2D eigenvalue weighted by Gasteiger charge is -2.16. The Morgan fingerprint density at radius 1 is 1.44 bits per heavy atom. The molecular formula is C12H19N3O3. The highest BCUT2D eigenvalue weighted by Gasteiger charge is 2.12. The van der Waals surface area contributed by atoms with Crippen LogP contribution in [0.15, 0.2) is 6.20 Å². The highest BCUT2D eigenvalue weighted by Crippen LogP contribution is 2.10. The van der Waals surface area contributed by atoms with Crippen LogP contribution in [0.3, 0.4) is 0 Å². The Balaban J connectivity index is 2.45. The van der Waals surface area contributed by atoms with Gasteiger partial charge in [0.05, 0.1) is 6.20 Å². The Morgan fingerprint density at radius 2 is 2.11 bits per heavy atom. The van der Waals surface area contributed by atoms with Gasteiger partial charge in [0, 0.05) is 44.7 Å². The third-order valence-corrected chi connectivity index (χ3v) is 2.95. The summed E-state index contributed by atoms with van der Waals surface area (Å²) in [7, 11) is 3.57. The molecule has 0 radical (unpaired) electrons. The van der Waals surface area contributed by atoms with E-state index in [1.165, 1.54) is 0 Å². The molecule has 1 amide bonds. The first-order valence-electron chi connectivity index (χ1n) is 5.85. The molecule has 100 valence electrons. The van der Waals surface area contributed by atoms with E-state index < -0.39 is 5.97 Å². The van der Waals surface area contributed by atoms with E-state index in [0.29, 0.717) is 13.0 Å². The minimum Gasteiger partial charge on any atom is -0.481 e. The summed E-state index contributed by atoms with van der Waals surface area (Å²) in [6, 6.07) is 0. The normalized spacial score (nSPS) is 10.4. The monoisotopic (exact) mass is 253 g/mol. The molecule has 6 nitrogen and oxygen atoms in total. The predicted molar refractivity (Wildman–Crippen MR) is 65.9 cm³/mol. The summed E-state index contributed by atoms with van der Waals surface area (Å²) in [5.74, 6) is -0.909. The second kappa shape index (κ2) is 6.18. The maximum absolute atomic E-state index is 11.8. The molecule has 0 aliphatic carbocycles. The van der Waals surface area contributed by atoms with Gasteiger partial charge in [0.25, 0.3) is 0 Å². The van der Waals surface area contributed by atoms with Gasteiger partial charge >= 0.3 is 5.97 Å². The van der Waals surface area contributed by atoms with Crippen molar-refractivity contribution in [2.75, 3.05) is 7.05 Å². The van der Waals surface area contributed by atoms with Gasteiger partial charge in [0.2, 0.25) is 5.91 Å². The molecule has 0 aliphatic rings. The fourth-order valence-electron chi connectivity index (χ4n) is 1.62. The van der Waals surface area contributed by atoms with Crippen LogP contribution in [0.25, 0.3) is 0 Å². The summed E-state index contributed by atoms with van der Waals surface area (Å²) in [6.45, 7) is 2.46. The van der Waals surface area contributed by atoms with Crippen molar-refractivity contribution in [1.29, 1.82) is 0 Å². The summed E-state index contributed by atoms with van der Waals surface area (Å²) in [4.78, 5) is 23.7. The molecule has 1 aromatic heterocycles. The number of aliphatic carboxylic acids is 1. The van der Waals surface area contributed by atoms with Gasteiger partial charge in [-0.2, -0.15) is 5.10 Å². The molecule has 0 fully saturated rings. The van der Waals surface area contributed by atoms with Gasteiger partial charge < -0.3 is 10.0 Å². The minimum absolute atomic E-state index is 0.0332. The molecule has 0 aromatic carbocycles. The summed E-state index contributed by atoms with van der Waals surface area (Å²) in [5.41, 5.74) is 2.03. The number of amides is 1. The average molecular weight is 253 g/mol. The Morgan fingerprint density at radius 3 is 2.61 bits per heavy atom. The number of hydrogen-bond acceptors (Lipinski definition) is 3. The number of nitrogens with zero attached hydrogens (tertiary/aromatic N) is 3. The number of aryl methyl sites for hydroxylation is 1. The maximum atomic E-state index is 11.8. The number of aromatic nitrogens is 2. The summed E-state index contributed by atoms with van der Waals surface area (Å²) in [6.07, 6.45) is 2.43. The van der Waals surface area contributed by atoms with Crippen LogP contribution < -0.4 is 0 Å². The fraction of sp³-hybridized carbons (Fsp3) is 0.583. The van der Waals surface area contributed by atoms with Gasteiger partial charge in [-0.25, -0.2) is 0 Å². The van der Waals surface area contributed by atoms with Crippen molar-refractivity contribution in [3.8, 4) is 0 Å². The molecule has 18 heavy (non-hydrogen) atoms. The van der Waals surface area contributed by atoms with E-state index in [1.807, 2.05) is 14.0 Å². The average Bonchev–Trinajstić information content (AvgIpc) is 2.60. The third kappa shape index (κ3) is 3.87. The molecule has 0 unspecified atom stereocenters. The van der Waals surface area contributed by atoms with Crippen molar-refractivity contribution >= 4 is 11.9 Å². The van der Waals surface area contributed by atoms with Gasteiger partial charge in [0.15, 0.2) is 0 Å². The molecule has 6 heteroatoms. The molecule has 1 aromatic rings. The lowest BCUT2D eigenvalue weighted by Crippen LogP contribution is -2.26. The molecule has 0 atom stereocenters. The molecule has 0 saturated heterocycles. The zero-order chi connectivity index (χ0) is 13.7. The first kappa shape index (κ1) is 14.2. The highest BCUT2D eigenvalue weighted by atomic mass is 16.4.